The highest BCUT2D eigenvalue weighted by Crippen LogP contribution is 2.17. The lowest BCUT2D eigenvalue weighted by atomic mass is 9.97. The smallest absolute Gasteiger partial charge is 0.311 e. The van der Waals surface area contributed by atoms with Gasteiger partial charge in [-0.25, -0.2) is 0 Å². The van der Waals surface area contributed by atoms with Crippen LogP contribution in [-0.2, 0) is 22.6 Å². The van der Waals surface area contributed by atoms with E-state index in [9.17, 15) is 4.79 Å². The molecule has 0 aliphatic rings. The molecule has 0 aliphatic carbocycles. The third-order valence-corrected chi connectivity index (χ3v) is 2.65. The summed E-state index contributed by atoms with van der Waals surface area (Å²) >= 11 is 0. The van der Waals surface area contributed by atoms with Gasteiger partial charge in [0.1, 0.15) is 6.61 Å². The normalized spacial score (nSPS) is 11.7. The van der Waals surface area contributed by atoms with Gasteiger partial charge in [-0.1, -0.05) is 38.1 Å². The second-order valence-electron chi connectivity index (χ2n) is 6.24. The Morgan fingerprint density at radius 1 is 1.11 bits per heavy atom. The third kappa shape index (κ3) is 4.91. The van der Waals surface area contributed by atoms with Crippen molar-refractivity contribution in [3.63, 3.8) is 0 Å². The number of esters is 1. The number of ether oxygens (including phenoxy) is 1. The molecule has 1 aromatic rings. The van der Waals surface area contributed by atoms with E-state index in [1.807, 2.05) is 32.9 Å². The quantitative estimate of drug-likeness (QED) is 0.753. The Balaban J connectivity index is 2.52. The summed E-state index contributed by atoms with van der Waals surface area (Å²) in [5.74, 6) is 0.503. The lowest BCUT2D eigenvalue weighted by molar-refractivity contribution is -0.154. The molecule has 1 aromatic carbocycles. The first-order chi connectivity index (χ1) is 8.29. The number of benzene rings is 1. The van der Waals surface area contributed by atoms with Crippen LogP contribution in [0.4, 0.5) is 0 Å². The fourth-order valence-corrected chi connectivity index (χ4v) is 1.61. The van der Waals surface area contributed by atoms with Crippen LogP contribution in [0.2, 0.25) is 0 Å². The zero-order valence-electron chi connectivity index (χ0n) is 12.1. The molecule has 0 bridgehead atoms. The van der Waals surface area contributed by atoms with Crippen molar-refractivity contribution in [2.45, 2.75) is 47.6 Å². The summed E-state index contributed by atoms with van der Waals surface area (Å²) in [5.41, 5.74) is 1.94. The Hall–Kier alpha value is -1.31. The number of carbonyl (C=O) groups is 1. The van der Waals surface area contributed by atoms with E-state index in [0.717, 1.165) is 12.0 Å². The van der Waals surface area contributed by atoms with Gasteiger partial charge in [0.15, 0.2) is 0 Å². The molecule has 1 rings (SSSR count). The van der Waals surface area contributed by atoms with Crippen molar-refractivity contribution in [1.29, 1.82) is 0 Å². The lowest BCUT2D eigenvalue weighted by Gasteiger charge is -2.16. The summed E-state index contributed by atoms with van der Waals surface area (Å²) in [6.45, 7) is 10.4. The minimum Gasteiger partial charge on any atom is -0.460 e. The van der Waals surface area contributed by atoms with Crippen molar-refractivity contribution in [1.82, 2.24) is 0 Å². The van der Waals surface area contributed by atoms with Crippen molar-refractivity contribution in [2.75, 3.05) is 0 Å². The van der Waals surface area contributed by atoms with E-state index in [4.69, 9.17) is 4.74 Å². The maximum Gasteiger partial charge on any atom is 0.311 e. The van der Waals surface area contributed by atoms with E-state index in [1.54, 1.807) is 0 Å². The third-order valence-electron chi connectivity index (χ3n) is 2.65. The molecule has 0 spiro atoms. The molecule has 0 atom stereocenters. The molecule has 0 fully saturated rings. The van der Waals surface area contributed by atoms with E-state index < -0.39 is 5.41 Å². The van der Waals surface area contributed by atoms with Crippen molar-refractivity contribution in [2.24, 2.45) is 11.3 Å². The topological polar surface area (TPSA) is 26.3 Å². The highest BCUT2D eigenvalue weighted by Gasteiger charge is 2.22. The van der Waals surface area contributed by atoms with Crippen molar-refractivity contribution in [3.05, 3.63) is 35.4 Å². The van der Waals surface area contributed by atoms with Crippen LogP contribution in [0, 0.1) is 11.3 Å². The number of hydrogen-bond acceptors (Lipinski definition) is 2. The Bertz CT molecular complexity index is 383. The monoisotopic (exact) mass is 248 g/mol. The molecular weight excluding hydrogens is 224 g/mol. The first-order valence-electron chi connectivity index (χ1n) is 6.54. The first kappa shape index (κ1) is 14.7. The van der Waals surface area contributed by atoms with Crippen molar-refractivity contribution >= 4 is 5.97 Å². The Morgan fingerprint density at radius 3 is 2.06 bits per heavy atom. The summed E-state index contributed by atoms with van der Waals surface area (Å²) in [5, 5.41) is 0. The molecule has 100 valence electrons. The van der Waals surface area contributed by atoms with E-state index in [2.05, 4.69) is 26.0 Å². The predicted octanol–water partition coefficient (Wildman–Crippen LogP) is 3.97. The molecule has 0 unspecified atom stereocenters. The Morgan fingerprint density at radius 2 is 1.61 bits per heavy atom. The molecule has 0 saturated heterocycles. The van der Waals surface area contributed by atoms with Crippen LogP contribution in [0.25, 0.3) is 0 Å². The maximum atomic E-state index is 11.6. The SMILES string of the molecule is CC(C)Cc1ccc(COC(=O)C(C)(C)C)cc1. The summed E-state index contributed by atoms with van der Waals surface area (Å²) in [6.07, 6.45) is 1.09. The Labute approximate surface area is 110 Å². The largest absolute Gasteiger partial charge is 0.460 e. The van der Waals surface area contributed by atoms with Gasteiger partial charge in [-0.15, -0.1) is 0 Å². The van der Waals surface area contributed by atoms with Crippen molar-refractivity contribution in [3.8, 4) is 0 Å². The van der Waals surface area contributed by atoms with Crippen LogP contribution in [-0.4, -0.2) is 5.97 Å². The van der Waals surface area contributed by atoms with Crippen LogP contribution >= 0.6 is 0 Å². The number of carbonyl (C=O) groups excluding carboxylic acids is 1. The molecule has 18 heavy (non-hydrogen) atoms. The van der Waals surface area contributed by atoms with Gasteiger partial charge < -0.3 is 4.74 Å². The van der Waals surface area contributed by atoms with E-state index in [1.165, 1.54) is 5.56 Å². The van der Waals surface area contributed by atoms with Crippen LogP contribution in [0.1, 0.15) is 45.7 Å². The van der Waals surface area contributed by atoms with Gasteiger partial charge in [0.05, 0.1) is 5.41 Å². The molecule has 0 N–H and O–H groups in total. The summed E-state index contributed by atoms with van der Waals surface area (Å²) < 4.78 is 5.27. The molecule has 0 amide bonds. The molecule has 2 heteroatoms. The second-order valence-corrected chi connectivity index (χ2v) is 6.24. The minimum absolute atomic E-state index is 0.159. The highest BCUT2D eigenvalue weighted by atomic mass is 16.5. The molecule has 0 aromatic heterocycles. The van der Waals surface area contributed by atoms with Crippen LogP contribution in [0.3, 0.4) is 0 Å². The van der Waals surface area contributed by atoms with E-state index >= 15 is 0 Å². The zero-order chi connectivity index (χ0) is 13.8. The fourth-order valence-electron chi connectivity index (χ4n) is 1.61. The molecule has 2 nitrogen and oxygen atoms in total. The zero-order valence-corrected chi connectivity index (χ0v) is 12.1. The van der Waals surface area contributed by atoms with Gasteiger partial charge in [0.25, 0.3) is 0 Å². The van der Waals surface area contributed by atoms with E-state index in [-0.39, 0.29) is 5.97 Å². The van der Waals surface area contributed by atoms with E-state index in [0.29, 0.717) is 12.5 Å². The van der Waals surface area contributed by atoms with Gasteiger partial charge >= 0.3 is 5.97 Å². The molecular formula is C16H24O2. The van der Waals surface area contributed by atoms with Crippen LogP contribution < -0.4 is 0 Å². The maximum absolute atomic E-state index is 11.6. The van der Waals surface area contributed by atoms with Gasteiger partial charge in [0.2, 0.25) is 0 Å². The first-order valence-corrected chi connectivity index (χ1v) is 6.54. The molecule has 0 saturated carbocycles. The number of hydrogen-bond donors (Lipinski definition) is 0. The molecule has 0 aliphatic heterocycles. The average Bonchev–Trinajstić information content (AvgIpc) is 2.25. The van der Waals surface area contributed by atoms with Gasteiger partial charge in [-0.05, 0) is 44.2 Å². The summed E-state index contributed by atoms with van der Waals surface area (Å²) in [7, 11) is 0. The van der Waals surface area contributed by atoms with Gasteiger partial charge in [-0.2, -0.15) is 0 Å². The number of rotatable bonds is 4. The van der Waals surface area contributed by atoms with Crippen molar-refractivity contribution < 1.29 is 9.53 Å². The average molecular weight is 248 g/mol. The fraction of sp³-hybridized carbons (Fsp3) is 0.562. The van der Waals surface area contributed by atoms with Crippen LogP contribution in [0.15, 0.2) is 24.3 Å². The lowest BCUT2D eigenvalue weighted by Crippen LogP contribution is -2.22. The molecule has 0 heterocycles. The molecule has 0 radical (unpaired) electrons. The standard InChI is InChI=1S/C16H24O2/c1-12(2)10-13-6-8-14(9-7-13)11-18-15(17)16(3,4)5/h6-9,12H,10-11H2,1-5H3. The highest BCUT2D eigenvalue weighted by molar-refractivity contribution is 5.75. The predicted molar refractivity (Wildman–Crippen MR) is 74.2 cm³/mol. The second kappa shape index (κ2) is 6.03. The Kier molecular flexibility index (Phi) is 4.94. The van der Waals surface area contributed by atoms with Gasteiger partial charge in [-0.3, -0.25) is 4.79 Å². The van der Waals surface area contributed by atoms with Crippen LogP contribution in [0.5, 0.6) is 0 Å². The van der Waals surface area contributed by atoms with Gasteiger partial charge in [0, 0.05) is 0 Å². The summed E-state index contributed by atoms with van der Waals surface area (Å²) in [6, 6.07) is 8.29. The minimum atomic E-state index is -0.433. The summed E-state index contributed by atoms with van der Waals surface area (Å²) in [4.78, 5) is 11.6.